The topological polar surface area (TPSA) is 49.7 Å². The Bertz CT molecular complexity index is 574. The normalized spacial score (nSPS) is 10.2. The Morgan fingerprint density at radius 1 is 1.14 bits per heavy atom. The smallest absolute Gasteiger partial charge is 0.354 e. The highest BCUT2D eigenvalue weighted by molar-refractivity contribution is 5.87. The van der Waals surface area contributed by atoms with Crippen molar-refractivity contribution in [2.24, 2.45) is 0 Å². The van der Waals surface area contributed by atoms with Crippen molar-refractivity contribution in [2.75, 3.05) is 20.3 Å². The van der Waals surface area contributed by atoms with Crippen LogP contribution in [0.3, 0.4) is 0 Å². The van der Waals surface area contributed by atoms with Crippen LogP contribution in [-0.4, -0.2) is 30.9 Å². The van der Waals surface area contributed by atoms with Gasteiger partial charge in [-0.1, -0.05) is 0 Å². The average Bonchev–Trinajstić information content (AvgIpc) is 2.97. The summed E-state index contributed by atoms with van der Waals surface area (Å²) in [7, 11) is 1.62. The second-order valence-corrected chi connectivity index (χ2v) is 4.33. The predicted molar refractivity (Wildman–Crippen MR) is 78.9 cm³/mol. The summed E-state index contributed by atoms with van der Waals surface area (Å²) in [5.74, 6) is 1.24. The molecule has 0 aliphatic carbocycles. The number of carbonyl (C=O) groups excluding carboxylic acids is 1. The third kappa shape index (κ3) is 4.02. The summed E-state index contributed by atoms with van der Waals surface area (Å²) < 4.78 is 17.6. The predicted octanol–water partition coefficient (Wildman–Crippen LogP) is 2.75. The molecule has 0 fully saturated rings. The lowest BCUT2D eigenvalue weighted by molar-refractivity contribution is 0.0513. The number of benzene rings is 1. The van der Waals surface area contributed by atoms with E-state index in [0.717, 1.165) is 11.5 Å². The molecule has 2 aromatic rings. The van der Waals surface area contributed by atoms with Gasteiger partial charge in [-0.05, 0) is 43.3 Å². The fraction of sp³-hybridized carbons (Fsp3) is 0.312. The molecule has 2 rings (SSSR count). The van der Waals surface area contributed by atoms with Gasteiger partial charge >= 0.3 is 5.97 Å². The van der Waals surface area contributed by atoms with Crippen molar-refractivity contribution in [2.45, 2.75) is 13.5 Å². The van der Waals surface area contributed by atoms with Crippen molar-refractivity contribution < 1.29 is 19.0 Å². The molecule has 0 N–H and O–H groups in total. The standard InChI is InChI=1S/C16H19NO4/c1-3-20-16(18)15-5-4-10-17(15)11-12-21-14-8-6-13(19-2)7-9-14/h4-10H,3,11-12H2,1-2H3. The van der Waals surface area contributed by atoms with E-state index in [1.54, 1.807) is 20.1 Å². The van der Waals surface area contributed by atoms with Crippen LogP contribution in [0.2, 0.25) is 0 Å². The molecule has 112 valence electrons. The van der Waals surface area contributed by atoms with Crippen LogP contribution >= 0.6 is 0 Å². The lowest BCUT2D eigenvalue weighted by atomic mass is 10.3. The Balaban J connectivity index is 1.88. The Morgan fingerprint density at radius 3 is 2.52 bits per heavy atom. The van der Waals surface area contributed by atoms with Gasteiger partial charge in [-0.25, -0.2) is 4.79 Å². The first-order chi connectivity index (χ1) is 10.2. The monoisotopic (exact) mass is 289 g/mol. The first kappa shape index (κ1) is 15.0. The minimum absolute atomic E-state index is 0.313. The van der Waals surface area contributed by atoms with Gasteiger partial charge in [0.15, 0.2) is 0 Å². The fourth-order valence-corrected chi connectivity index (χ4v) is 1.93. The van der Waals surface area contributed by atoms with E-state index in [-0.39, 0.29) is 5.97 Å². The molecule has 0 spiro atoms. The number of hydrogen-bond donors (Lipinski definition) is 0. The number of ether oxygens (including phenoxy) is 3. The van der Waals surface area contributed by atoms with Gasteiger partial charge < -0.3 is 18.8 Å². The van der Waals surface area contributed by atoms with E-state index < -0.39 is 0 Å². The second-order valence-electron chi connectivity index (χ2n) is 4.33. The molecule has 0 saturated carbocycles. The Hall–Kier alpha value is -2.43. The molecule has 5 nitrogen and oxygen atoms in total. The molecule has 0 radical (unpaired) electrons. The van der Waals surface area contributed by atoms with Crippen LogP contribution in [0.4, 0.5) is 0 Å². The number of rotatable bonds is 7. The van der Waals surface area contributed by atoms with E-state index in [1.165, 1.54) is 0 Å². The van der Waals surface area contributed by atoms with E-state index in [4.69, 9.17) is 14.2 Å². The lowest BCUT2D eigenvalue weighted by Gasteiger charge is -2.10. The van der Waals surface area contributed by atoms with Crippen molar-refractivity contribution in [3.05, 3.63) is 48.3 Å². The molecule has 0 amide bonds. The molecule has 1 heterocycles. The minimum Gasteiger partial charge on any atom is -0.497 e. The van der Waals surface area contributed by atoms with Gasteiger partial charge in [0.1, 0.15) is 23.8 Å². The first-order valence-electron chi connectivity index (χ1n) is 6.83. The van der Waals surface area contributed by atoms with Crippen molar-refractivity contribution in [3.63, 3.8) is 0 Å². The Labute approximate surface area is 124 Å². The summed E-state index contributed by atoms with van der Waals surface area (Å²) in [6.07, 6.45) is 1.84. The number of aromatic nitrogens is 1. The van der Waals surface area contributed by atoms with Crippen molar-refractivity contribution in [1.82, 2.24) is 4.57 Å². The highest BCUT2D eigenvalue weighted by Crippen LogP contribution is 2.17. The maximum atomic E-state index is 11.7. The quantitative estimate of drug-likeness (QED) is 0.735. The van der Waals surface area contributed by atoms with Crippen molar-refractivity contribution >= 4 is 5.97 Å². The van der Waals surface area contributed by atoms with Gasteiger partial charge in [0.2, 0.25) is 0 Å². The molecule has 0 unspecified atom stereocenters. The largest absolute Gasteiger partial charge is 0.497 e. The summed E-state index contributed by atoms with van der Waals surface area (Å²) >= 11 is 0. The third-order valence-corrected chi connectivity index (χ3v) is 2.97. The highest BCUT2D eigenvalue weighted by atomic mass is 16.5. The van der Waals surface area contributed by atoms with Gasteiger partial charge in [0, 0.05) is 6.20 Å². The number of hydrogen-bond acceptors (Lipinski definition) is 4. The van der Waals surface area contributed by atoms with Crippen LogP contribution in [0.5, 0.6) is 11.5 Å². The van der Waals surface area contributed by atoms with E-state index >= 15 is 0 Å². The van der Waals surface area contributed by atoms with Crippen LogP contribution < -0.4 is 9.47 Å². The Morgan fingerprint density at radius 2 is 1.86 bits per heavy atom. The van der Waals surface area contributed by atoms with E-state index in [0.29, 0.717) is 25.5 Å². The zero-order valence-electron chi connectivity index (χ0n) is 12.2. The molecule has 0 aliphatic rings. The maximum absolute atomic E-state index is 11.7. The molecule has 0 saturated heterocycles. The molecule has 0 aliphatic heterocycles. The number of esters is 1. The van der Waals surface area contributed by atoms with E-state index in [1.807, 2.05) is 41.1 Å². The fourth-order valence-electron chi connectivity index (χ4n) is 1.93. The van der Waals surface area contributed by atoms with E-state index in [9.17, 15) is 4.79 Å². The molecule has 1 aromatic heterocycles. The lowest BCUT2D eigenvalue weighted by Crippen LogP contribution is -2.15. The van der Waals surface area contributed by atoms with Crippen LogP contribution in [0.1, 0.15) is 17.4 Å². The van der Waals surface area contributed by atoms with Gasteiger partial charge in [0.05, 0.1) is 20.3 Å². The highest BCUT2D eigenvalue weighted by Gasteiger charge is 2.11. The number of methoxy groups -OCH3 is 1. The zero-order chi connectivity index (χ0) is 15.1. The molecule has 5 heteroatoms. The molecule has 0 atom stereocenters. The average molecular weight is 289 g/mol. The summed E-state index contributed by atoms with van der Waals surface area (Å²) in [6.45, 7) is 3.20. The van der Waals surface area contributed by atoms with Gasteiger partial charge in [-0.15, -0.1) is 0 Å². The van der Waals surface area contributed by atoms with E-state index in [2.05, 4.69) is 0 Å². The second kappa shape index (κ2) is 7.38. The molecule has 0 bridgehead atoms. The minimum atomic E-state index is -0.313. The molecule has 1 aromatic carbocycles. The van der Waals surface area contributed by atoms with Gasteiger partial charge in [-0.3, -0.25) is 0 Å². The third-order valence-electron chi connectivity index (χ3n) is 2.97. The van der Waals surface area contributed by atoms with Crippen molar-refractivity contribution in [3.8, 4) is 11.5 Å². The maximum Gasteiger partial charge on any atom is 0.354 e. The summed E-state index contributed by atoms with van der Waals surface area (Å²) in [6, 6.07) is 10.9. The summed E-state index contributed by atoms with van der Waals surface area (Å²) in [5, 5.41) is 0. The number of nitrogens with zero attached hydrogens (tertiary/aromatic N) is 1. The SMILES string of the molecule is CCOC(=O)c1cccn1CCOc1ccc(OC)cc1. The van der Waals surface area contributed by atoms with Crippen LogP contribution in [0.25, 0.3) is 0 Å². The molecular weight excluding hydrogens is 270 g/mol. The Kier molecular flexibility index (Phi) is 5.26. The van der Waals surface area contributed by atoms with Gasteiger partial charge in [0.25, 0.3) is 0 Å². The molecular formula is C16H19NO4. The zero-order valence-corrected chi connectivity index (χ0v) is 12.2. The first-order valence-corrected chi connectivity index (χ1v) is 6.83. The van der Waals surface area contributed by atoms with Crippen LogP contribution in [-0.2, 0) is 11.3 Å². The summed E-state index contributed by atoms with van der Waals surface area (Å²) in [4.78, 5) is 11.7. The number of carbonyl (C=O) groups is 1. The summed E-state index contributed by atoms with van der Waals surface area (Å²) in [5.41, 5.74) is 0.537. The van der Waals surface area contributed by atoms with Gasteiger partial charge in [-0.2, -0.15) is 0 Å². The van der Waals surface area contributed by atoms with Crippen LogP contribution in [0, 0.1) is 0 Å². The van der Waals surface area contributed by atoms with Crippen molar-refractivity contribution in [1.29, 1.82) is 0 Å². The van der Waals surface area contributed by atoms with Crippen LogP contribution in [0.15, 0.2) is 42.6 Å². The molecule has 21 heavy (non-hydrogen) atoms.